The van der Waals surface area contributed by atoms with Crippen molar-refractivity contribution in [3.63, 3.8) is 0 Å². The van der Waals surface area contributed by atoms with E-state index in [2.05, 4.69) is 37.3 Å². The summed E-state index contributed by atoms with van der Waals surface area (Å²) in [5, 5.41) is 0. The number of benzene rings is 2. The number of anilines is 2. The number of rotatable bonds is 5. The van der Waals surface area contributed by atoms with E-state index in [1.54, 1.807) is 0 Å². The molecule has 0 unspecified atom stereocenters. The highest BCUT2D eigenvalue weighted by Gasteiger charge is 2.27. The molecule has 0 aromatic heterocycles. The summed E-state index contributed by atoms with van der Waals surface area (Å²) >= 11 is 0. The number of hydrogen-bond acceptors (Lipinski definition) is 2. The molecular formula is C27H38N2. The number of hydrogen-bond donors (Lipinski definition) is 2. The first-order chi connectivity index (χ1) is 14.1. The molecule has 0 aliphatic heterocycles. The van der Waals surface area contributed by atoms with Crippen molar-refractivity contribution in [1.29, 1.82) is 0 Å². The van der Waals surface area contributed by atoms with Crippen LogP contribution >= 0.6 is 0 Å². The molecule has 156 valence electrons. The summed E-state index contributed by atoms with van der Waals surface area (Å²) in [5.41, 5.74) is 18.1. The zero-order chi connectivity index (χ0) is 20.2. The Hall–Kier alpha value is -1.96. The Balaban J connectivity index is 1.30. The predicted molar refractivity (Wildman–Crippen MR) is 125 cm³/mol. The van der Waals surface area contributed by atoms with Gasteiger partial charge in [-0.3, -0.25) is 0 Å². The topological polar surface area (TPSA) is 52.0 Å². The number of nitrogens with two attached hydrogens (primary N) is 2. The third-order valence-electron chi connectivity index (χ3n) is 7.63. The van der Waals surface area contributed by atoms with Crippen molar-refractivity contribution in [1.82, 2.24) is 0 Å². The molecule has 0 heterocycles. The zero-order valence-corrected chi connectivity index (χ0v) is 18.1. The van der Waals surface area contributed by atoms with E-state index in [1.807, 2.05) is 12.1 Å². The normalized spacial score (nSPS) is 27.6. The van der Waals surface area contributed by atoms with E-state index in [0.29, 0.717) is 5.92 Å². The fourth-order valence-electron chi connectivity index (χ4n) is 5.72. The van der Waals surface area contributed by atoms with Crippen molar-refractivity contribution in [3.8, 4) is 0 Å². The third-order valence-corrected chi connectivity index (χ3v) is 7.63. The van der Waals surface area contributed by atoms with E-state index in [0.717, 1.165) is 35.5 Å². The Bertz CT molecular complexity index is 779. The van der Waals surface area contributed by atoms with Gasteiger partial charge < -0.3 is 11.5 Å². The van der Waals surface area contributed by atoms with Crippen LogP contribution in [0.15, 0.2) is 42.5 Å². The zero-order valence-electron chi connectivity index (χ0n) is 18.1. The minimum absolute atomic E-state index is 0.656. The first-order valence-electron chi connectivity index (χ1n) is 11.8. The molecule has 2 saturated carbocycles. The smallest absolute Gasteiger partial charge is 0.0352 e. The van der Waals surface area contributed by atoms with Crippen LogP contribution in [-0.4, -0.2) is 0 Å². The summed E-state index contributed by atoms with van der Waals surface area (Å²) in [6.45, 7) is 2.42. The monoisotopic (exact) mass is 390 g/mol. The van der Waals surface area contributed by atoms with Crippen LogP contribution < -0.4 is 11.5 Å². The highest BCUT2D eigenvalue weighted by molar-refractivity contribution is 5.52. The van der Waals surface area contributed by atoms with Gasteiger partial charge in [-0.25, -0.2) is 0 Å². The van der Waals surface area contributed by atoms with Crippen molar-refractivity contribution in [3.05, 3.63) is 59.2 Å². The summed E-state index contributed by atoms with van der Waals surface area (Å²) in [6, 6.07) is 14.9. The van der Waals surface area contributed by atoms with E-state index in [9.17, 15) is 0 Å². The molecule has 2 fully saturated rings. The molecule has 4 N–H and O–H groups in total. The molecule has 2 nitrogen and oxygen atoms in total. The Morgan fingerprint density at radius 1 is 0.724 bits per heavy atom. The second-order valence-electron chi connectivity index (χ2n) is 9.96. The van der Waals surface area contributed by atoms with Crippen LogP contribution in [0.4, 0.5) is 11.4 Å². The molecular weight excluding hydrogens is 352 g/mol. The Morgan fingerprint density at radius 3 is 1.93 bits per heavy atom. The van der Waals surface area contributed by atoms with E-state index in [-0.39, 0.29) is 0 Å². The lowest BCUT2D eigenvalue weighted by molar-refractivity contribution is 0.211. The van der Waals surface area contributed by atoms with Gasteiger partial charge in [0.05, 0.1) is 0 Å². The lowest BCUT2D eigenvalue weighted by Crippen LogP contribution is -2.20. The van der Waals surface area contributed by atoms with Gasteiger partial charge in [0, 0.05) is 11.4 Å². The molecule has 0 atom stereocenters. The molecule has 2 heteroatoms. The molecule has 0 amide bonds. The highest BCUT2D eigenvalue weighted by Crippen LogP contribution is 2.42. The van der Waals surface area contributed by atoms with Gasteiger partial charge in [-0.1, -0.05) is 56.9 Å². The minimum Gasteiger partial charge on any atom is -0.399 e. The Morgan fingerprint density at radius 2 is 1.31 bits per heavy atom. The van der Waals surface area contributed by atoms with Gasteiger partial charge in [0.25, 0.3) is 0 Å². The molecule has 0 radical (unpaired) electrons. The lowest BCUT2D eigenvalue weighted by atomic mass is 9.72. The fraction of sp³-hybridized carbons (Fsp3) is 0.556. The molecule has 0 spiro atoms. The van der Waals surface area contributed by atoms with Crippen LogP contribution in [0.3, 0.4) is 0 Å². The lowest BCUT2D eigenvalue weighted by Gasteiger charge is -2.34. The van der Waals surface area contributed by atoms with Crippen molar-refractivity contribution >= 4 is 11.4 Å². The molecule has 0 saturated heterocycles. The van der Waals surface area contributed by atoms with Crippen molar-refractivity contribution in [2.75, 3.05) is 11.5 Å². The van der Waals surface area contributed by atoms with Gasteiger partial charge in [0.1, 0.15) is 0 Å². The average molecular weight is 391 g/mol. The predicted octanol–water partition coefficient (Wildman–Crippen LogP) is 6.93. The molecule has 2 aliphatic carbocycles. The van der Waals surface area contributed by atoms with E-state index < -0.39 is 0 Å². The second kappa shape index (κ2) is 9.24. The van der Waals surface area contributed by atoms with Gasteiger partial charge in [-0.05, 0) is 97.1 Å². The van der Waals surface area contributed by atoms with Crippen molar-refractivity contribution in [2.45, 2.75) is 77.0 Å². The average Bonchev–Trinajstić information content (AvgIpc) is 2.72. The van der Waals surface area contributed by atoms with Gasteiger partial charge in [-0.2, -0.15) is 0 Å². The minimum atomic E-state index is 0.656. The van der Waals surface area contributed by atoms with Crippen LogP contribution in [0.25, 0.3) is 0 Å². The summed E-state index contributed by atoms with van der Waals surface area (Å²) in [7, 11) is 0. The van der Waals surface area contributed by atoms with Gasteiger partial charge >= 0.3 is 0 Å². The van der Waals surface area contributed by atoms with Gasteiger partial charge in [0.2, 0.25) is 0 Å². The van der Waals surface area contributed by atoms with Crippen LogP contribution in [0.1, 0.15) is 87.3 Å². The van der Waals surface area contributed by atoms with Crippen LogP contribution in [0, 0.1) is 17.8 Å². The maximum absolute atomic E-state index is 6.51. The van der Waals surface area contributed by atoms with Crippen LogP contribution in [0.2, 0.25) is 0 Å². The van der Waals surface area contributed by atoms with E-state index >= 15 is 0 Å². The summed E-state index contributed by atoms with van der Waals surface area (Å²) < 4.78 is 0. The standard InChI is InChI=1S/C27H38N2/c1-19-2-4-20(5-3-19)16-21-6-11-24(12-7-21)26-15-10-23(18-27(26)29)17-22-8-13-25(28)14-9-22/h8-10,13-15,18-21,24H,2-7,11-12,16-17,28-29H2,1H3. The quantitative estimate of drug-likeness (QED) is 0.544. The third kappa shape index (κ3) is 5.35. The molecule has 0 bridgehead atoms. The second-order valence-corrected chi connectivity index (χ2v) is 9.96. The first-order valence-corrected chi connectivity index (χ1v) is 11.8. The Labute approximate surface area is 177 Å². The van der Waals surface area contributed by atoms with Crippen LogP contribution in [-0.2, 0) is 6.42 Å². The molecule has 2 aliphatic rings. The van der Waals surface area contributed by atoms with Gasteiger partial charge in [-0.15, -0.1) is 0 Å². The molecule has 2 aromatic rings. The van der Waals surface area contributed by atoms with E-state index in [1.165, 1.54) is 74.5 Å². The maximum atomic E-state index is 6.51. The highest BCUT2D eigenvalue weighted by atomic mass is 14.6. The maximum Gasteiger partial charge on any atom is 0.0352 e. The molecule has 29 heavy (non-hydrogen) atoms. The summed E-state index contributed by atoms with van der Waals surface area (Å²) in [4.78, 5) is 0. The van der Waals surface area contributed by atoms with E-state index in [4.69, 9.17) is 11.5 Å². The molecule has 4 rings (SSSR count). The Kier molecular flexibility index (Phi) is 6.47. The first kappa shape index (κ1) is 20.3. The summed E-state index contributed by atoms with van der Waals surface area (Å²) in [5.74, 6) is 3.58. The fourth-order valence-corrected chi connectivity index (χ4v) is 5.72. The van der Waals surface area contributed by atoms with Crippen molar-refractivity contribution < 1.29 is 0 Å². The van der Waals surface area contributed by atoms with Gasteiger partial charge in [0.15, 0.2) is 0 Å². The van der Waals surface area contributed by atoms with Crippen LogP contribution in [0.5, 0.6) is 0 Å². The van der Waals surface area contributed by atoms with Crippen molar-refractivity contribution in [2.24, 2.45) is 17.8 Å². The summed E-state index contributed by atoms with van der Waals surface area (Å²) in [6.07, 6.45) is 13.7. The number of nitrogen functional groups attached to an aromatic ring is 2. The SMILES string of the molecule is CC1CCC(CC2CCC(c3ccc(Cc4ccc(N)cc4)cc3N)CC2)CC1. The molecule has 2 aromatic carbocycles. The largest absolute Gasteiger partial charge is 0.399 e.